The summed E-state index contributed by atoms with van der Waals surface area (Å²) in [5.41, 5.74) is 1.39. The molecule has 1 amide bonds. The molecule has 18 heavy (non-hydrogen) atoms. The van der Waals surface area contributed by atoms with E-state index in [4.69, 9.17) is 4.74 Å². The van der Waals surface area contributed by atoms with Crippen LogP contribution in [0.5, 0.6) is 0 Å². The minimum absolute atomic E-state index is 0.172. The molecule has 1 aromatic rings. The molecule has 1 rings (SSSR count). The van der Waals surface area contributed by atoms with E-state index in [1.807, 2.05) is 0 Å². The molecular weight excluding hydrogens is 234 g/mol. The van der Waals surface area contributed by atoms with Gasteiger partial charge in [0.15, 0.2) is 0 Å². The molecular formula is C13H17NO4. The first-order valence-electron chi connectivity index (χ1n) is 5.56. The average Bonchev–Trinajstić information content (AvgIpc) is 2.43. The second-order valence-electron chi connectivity index (χ2n) is 3.78. The Labute approximate surface area is 106 Å². The van der Waals surface area contributed by atoms with Crippen LogP contribution in [-0.2, 0) is 20.8 Å². The van der Waals surface area contributed by atoms with Crippen LogP contribution < -0.4 is 5.32 Å². The van der Waals surface area contributed by atoms with Gasteiger partial charge in [0.05, 0.1) is 12.7 Å². The van der Waals surface area contributed by atoms with E-state index in [0.717, 1.165) is 5.56 Å². The van der Waals surface area contributed by atoms with Gasteiger partial charge in [-0.25, -0.2) is 4.79 Å². The highest BCUT2D eigenvalue weighted by Gasteiger charge is 2.10. The number of hydrogen-bond donors (Lipinski definition) is 1. The van der Waals surface area contributed by atoms with Crippen molar-refractivity contribution in [1.29, 1.82) is 0 Å². The summed E-state index contributed by atoms with van der Waals surface area (Å²) in [5.74, 6) is -0.548. The fourth-order valence-corrected chi connectivity index (χ4v) is 1.32. The molecule has 0 aliphatic rings. The van der Waals surface area contributed by atoms with Gasteiger partial charge in [0.25, 0.3) is 0 Å². The number of amides is 1. The van der Waals surface area contributed by atoms with Crippen LogP contribution in [0.15, 0.2) is 24.3 Å². The molecule has 0 fully saturated rings. The Hall–Kier alpha value is -1.88. The molecule has 0 aliphatic heterocycles. The lowest BCUT2D eigenvalue weighted by atomic mass is 10.1. The lowest BCUT2D eigenvalue weighted by molar-refractivity contribution is -0.130. The number of ether oxygens (including phenoxy) is 2. The van der Waals surface area contributed by atoms with Crippen molar-refractivity contribution in [3.63, 3.8) is 0 Å². The fourth-order valence-electron chi connectivity index (χ4n) is 1.32. The van der Waals surface area contributed by atoms with Gasteiger partial charge in [0.1, 0.15) is 6.10 Å². The third-order valence-electron chi connectivity index (χ3n) is 2.56. The van der Waals surface area contributed by atoms with E-state index < -0.39 is 6.10 Å². The maximum Gasteiger partial charge on any atom is 0.337 e. The number of benzene rings is 1. The lowest BCUT2D eigenvalue weighted by Crippen LogP contribution is -2.33. The van der Waals surface area contributed by atoms with Crippen molar-refractivity contribution < 1.29 is 19.1 Å². The highest BCUT2D eigenvalue weighted by atomic mass is 16.5. The summed E-state index contributed by atoms with van der Waals surface area (Å²) in [6.07, 6.45) is -0.473. The maximum absolute atomic E-state index is 11.5. The molecule has 1 unspecified atom stereocenters. The number of hydrogen-bond acceptors (Lipinski definition) is 4. The Morgan fingerprint density at radius 1 is 1.22 bits per heavy atom. The number of nitrogens with one attached hydrogen (secondary N) is 1. The topological polar surface area (TPSA) is 64.6 Å². The second-order valence-corrected chi connectivity index (χ2v) is 3.78. The van der Waals surface area contributed by atoms with Crippen molar-refractivity contribution in [2.45, 2.75) is 19.6 Å². The minimum atomic E-state index is -0.473. The highest BCUT2D eigenvalue weighted by Crippen LogP contribution is 2.05. The van der Waals surface area contributed by atoms with Gasteiger partial charge in [0, 0.05) is 13.7 Å². The third-order valence-corrected chi connectivity index (χ3v) is 2.56. The van der Waals surface area contributed by atoms with Crippen LogP contribution in [0.2, 0.25) is 0 Å². The lowest BCUT2D eigenvalue weighted by Gasteiger charge is -2.10. The summed E-state index contributed by atoms with van der Waals surface area (Å²) in [5, 5.41) is 2.73. The number of carbonyl (C=O) groups is 2. The van der Waals surface area contributed by atoms with E-state index in [2.05, 4.69) is 10.1 Å². The highest BCUT2D eigenvalue weighted by molar-refractivity contribution is 5.89. The van der Waals surface area contributed by atoms with Crippen molar-refractivity contribution in [3.8, 4) is 0 Å². The quantitative estimate of drug-likeness (QED) is 0.797. The van der Waals surface area contributed by atoms with E-state index in [1.165, 1.54) is 14.2 Å². The van der Waals surface area contributed by atoms with Gasteiger partial charge in [-0.2, -0.15) is 0 Å². The molecule has 98 valence electrons. The van der Waals surface area contributed by atoms with E-state index in [1.54, 1.807) is 31.2 Å². The van der Waals surface area contributed by atoms with Crippen LogP contribution in [0.25, 0.3) is 0 Å². The minimum Gasteiger partial charge on any atom is -0.465 e. The van der Waals surface area contributed by atoms with E-state index >= 15 is 0 Å². The largest absolute Gasteiger partial charge is 0.465 e. The molecule has 5 nitrogen and oxygen atoms in total. The molecule has 1 N–H and O–H groups in total. The molecule has 0 aliphatic carbocycles. The van der Waals surface area contributed by atoms with Crippen molar-refractivity contribution in [3.05, 3.63) is 35.4 Å². The molecule has 0 aromatic heterocycles. The van der Waals surface area contributed by atoms with Gasteiger partial charge in [-0.3, -0.25) is 4.79 Å². The molecule has 0 bridgehead atoms. The fraction of sp³-hybridized carbons (Fsp3) is 0.385. The van der Waals surface area contributed by atoms with E-state index in [9.17, 15) is 9.59 Å². The molecule has 0 spiro atoms. The van der Waals surface area contributed by atoms with Gasteiger partial charge >= 0.3 is 5.97 Å². The summed E-state index contributed by atoms with van der Waals surface area (Å²) in [4.78, 5) is 22.7. The summed E-state index contributed by atoms with van der Waals surface area (Å²) in [7, 11) is 2.82. The Morgan fingerprint density at radius 3 is 2.33 bits per heavy atom. The number of carbonyl (C=O) groups excluding carboxylic acids is 2. The van der Waals surface area contributed by atoms with Crippen LogP contribution in [0.1, 0.15) is 22.8 Å². The number of rotatable bonds is 5. The van der Waals surface area contributed by atoms with Crippen LogP contribution in [0, 0.1) is 0 Å². The van der Waals surface area contributed by atoms with Crippen molar-refractivity contribution in [2.75, 3.05) is 14.2 Å². The van der Waals surface area contributed by atoms with Crippen LogP contribution >= 0.6 is 0 Å². The number of methoxy groups -OCH3 is 2. The smallest absolute Gasteiger partial charge is 0.337 e. The maximum atomic E-state index is 11.5. The first-order chi connectivity index (χ1) is 8.58. The van der Waals surface area contributed by atoms with E-state index in [0.29, 0.717) is 12.1 Å². The summed E-state index contributed by atoms with van der Waals surface area (Å²) >= 11 is 0. The SMILES string of the molecule is COC(=O)c1ccc(CNC(=O)C(C)OC)cc1. The molecule has 0 saturated heterocycles. The third kappa shape index (κ3) is 3.85. The Bertz CT molecular complexity index is 414. The monoisotopic (exact) mass is 251 g/mol. The first kappa shape index (κ1) is 14.2. The zero-order valence-corrected chi connectivity index (χ0v) is 10.7. The molecule has 1 aromatic carbocycles. The molecule has 0 radical (unpaired) electrons. The normalized spacial score (nSPS) is 11.7. The van der Waals surface area contributed by atoms with Crippen molar-refractivity contribution in [1.82, 2.24) is 5.32 Å². The van der Waals surface area contributed by atoms with Crippen LogP contribution in [-0.4, -0.2) is 32.2 Å². The standard InChI is InChI=1S/C13H17NO4/c1-9(17-2)12(15)14-8-10-4-6-11(7-5-10)13(16)18-3/h4-7,9H,8H2,1-3H3,(H,14,15). The number of esters is 1. The van der Waals surface area contributed by atoms with Crippen LogP contribution in [0.4, 0.5) is 0 Å². The Morgan fingerprint density at radius 2 is 1.83 bits per heavy atom. The summed E-state index contributed by atoms with van der Waals surface area (Å²) in [6, 6.07) is 6.86. The van der Waals surface area contributed by atoms with Gasteiger partial charge in [-0.15, -0.1) is 0 Å². The molecule has 0 saturated carbocycles. The summed E-state index contributed by atoms with van der Waals surface area (Å²) in [6.45, 7) is 2.07. The van der Waals surface area contributed by atoms with Gasteiger partial charge in [0.2, 0.25) is 5.91 Å². The molecule has 0 heterocycles. The predicted molar refractivity (Wildman–Crippen MR) is 66.1 cm³/mol. The van der Waals surface area contributed by atoms with Gasteiger partial charge in [-0.1, -0.05) is 12.1 Å². The van der Waals surface area contributed by atoms with Gasteiger partial charge in [-0.05, 0) is 24.6 Å². The molecule has 1 atom stereocenters. The van der Waals surface area contributed by atoms with Gasteiger partial charge < -0.3 is 14.8 Å². The molecule has 5 heteroatoms. The Balaban J connectivity index is 2.54. The zero-order valence-electron chi connectivity index (χ0n) is 10.7. The summed E-state index contributed by atoms with van der Waals surface area (Å²) < 4.78 is 9.49. The van der Waals surface area contributed by atoms with Crippen molar-refractivity contribution in [2.24, 2.45) is 0 Å². The van der Waals surface area contributed by atoms with Crippen LogP contribution in [0.3, 0.4) is 0 Å². The van der Waals surface area contributed by atoms with Crippen molar-refractivity contribution >= 4 is 11.9 Å². The first-order valence-corrected chi connectivity index (χ1v) is 5.56. The second kappa shape index (κ2) is 6.76. The zero-order chi connectivity index (χ0) is 13.5. The Kier molecular flexibility index (Phi) is 5.32. The average molecular weight is 251 g/mol. The van der Waals surface area contributed by atoms with E-state index in [-0.39, 0.29) is 11.9 Å². The predicted octanol–water partition coefficient (Wildman–Crippen LogP) is 1.12.